The molecule has 0 radical (unpaired) electrons. The molecule has 1 N–H and O–H groups in total. The van der Waals surface area contributed by atoms with Crippen molar-refractivity contribution in [1.82, 2.24) is 5.32 Å². The van der Waals surface area contributed by atoms with Crippen LogP contribution in [0.3, 0.4) is 0 Å². The molecular weight excluding hydrogens is 257 g/mol. The number of carbonyl (C=O) groups excluding carboxylic acids is 1. The molecule has 1 aliphatic rings. The van der Waals surface area contributed by atoms with Crippen LogP contribution in [0.4, 0.5) is 4.39 Å². The minimum atomic E-state index is -0.279. The van der Waals surface area contributed by atoms with Gasteiger partial charge in [-0.25, -0.2) is 4.39 Å². The van der Waals surface area contributed by atoms with Crippen molar-refractivity contribution in [3.63, 3.8) is 0 Å². The summed E-state index contributed by atoms with van der Waals surface area (Å²) in [5.74, 6) is 0.0189. The molecule has 1 fully saturated rings. The van der Waals surface area contributed by atoms with Crippen LogP contribution in [0.5, 0.6) is 0 Å². The molecule has 0 unspecified atom stereocenters. The Kier molecular flexibility index (Phi) is 4.90. The molecule has 2 rings (SSSR count). The maximum atomic E-state index is 12.8. The summed E-state index contributed by atoms with van der Waals surface area (Å²) in [5, 5.41) is 2.99. The Morgan fingerprint density at radius 1 is 1.45 bits per heavy atom. The Balaban J connectivity index is 1.95. The molecule has 4 heteroatoms. The van der Waals surface area contributed by atoms with E-state index in [9.17, 15) is 9.18 Å². The minimum Gasteiger partial charge on any atom is -0.381 e. The molecule has 1 aliphatic heterocycles. The van der Waals surface area contributed by atoms with Crippen LogP contribution >= 0.6 is 0 Å². The molecule has 0 bridgehead atoms. The van der Waals surface area contributed by atoms with Gasteiger partial charge in [0, 0.05) is 24.1 Å². The average Bonchev–Trinajstić information content (AvgIpc) is 2.95. The summed E-state index contributed by atoms with van der Waals surface area (Å²) < 4.78 is 18.1. The number of hydrogen-bond acceptors (Lipinski definition) is 2. The first-order valence-corrected chi connectivity index (χ1v) is 6.89. The van der Waals surface area contributed by atoms with Crippen molar-refractivity contribution in [2.24, 2.45) is 5.92 Å². The molecular formula is C16H20FNO2. The lowest BCUT2D eigenvalue weighted by molar-refractivity contribution is -0.118. The van der Waals surface area contributed by atoms with Gasteiger partial charge < -0.3 is 10.1 Å². The molecule has 108 valence electrons. The zero-order valence-electron chi connectivity index (χ0n) is 11.9. The Morgan fingerprint density at radius 2 is 2.15 bits per heavy atom. The molecule has 0 spiro atoms. The molecule has 0 aliphatic carbocycles. The zero-order valence-corrected chi connectivity index (χ0v) is 11.9. The number of rotatable bonds is 4. The van der Waals surface area contributed by atoms with E-state index in [4.69, 9.17) is 4.74 Å². The predicted octanol–water partition coefficient (Wildman–Crippen LogP) is 2.77. The summed E-state index contributed by atoms with van der Waals surface area (Å²) >= 11 is 0. The van der Waals surface area contributed by atoms with E-state index in [1.807, 2.05) is 6.92 Å². The fourth-order valence-corrected chi connectivity index (χ4v) is 2.26. The Labute approximate surface area is 118 Å². The second-order valence-electron chi connectivity index (χ2n) is 5.26. The summed E-state index contributed by atoms with van der Waals surface area (Å²) in [7, 11) is 0. The van der Waals surface area contributed by atoms with Crippen LogP contribution in [-0.2, 0) is 9.53 Å². The number of carbonyl (C=O) groups is 1. The molecule has 2 atom stereocenters. The Bertz CT molecular complexity index is 490. The van der Waals surface area contributed by atoms with Crippen molar-refractivity contribution in [2.45, 2.75) is 26.3 Å². The van der Waals surface area contributed by atoms with Crippen molar-refractivity contribution >= 4 is 12.0 Å². The molecule has 1 aromatic carbocycles. The van der Waals surface area contributed by atoms with Crippen LogP contribution in [0.15, 0.2) is 29.8 Å². The largest absolute Gasteiger partial charge is 0.381 e. The third-order valence-electron chi connectivity index (χ3n) is 3.64. The van der Waals surface area contributed by atoms with Gasteiger partial charge in [-0.05, 0) is 44.0 Å². The number of ether oxygens (including phenoxy) is 1. The SMILES string of the molecule is C/C(=C\c1ccc(F)cc1)C(=O)N[C@H](C)[C@@H]1CCOC1. The van der Waals surface area contributed by atoms with Gasteiger partial charge in [-0.1, -0.05) is 12.1 Å². The van der Waals surface area contributed by atoms with Crippen molar-refractivity contribution in [3.8, 4) is 0 Å². The van der Waals surface area contributed by atoms with Crippen molar-refractivity contribution in [2.75, 3.05) is 13.2 Å². The maximum Gasteiger partial charge on any atom is 0.247 e. The Hall–Kier alpha value is -1.68. The summed E-state index contributed by atoms with van der Waals surface area (Å²) in [6, 6.07) is 6.17. The van der Waals surface area contributed by atoms with Gasteiger partial charge in [0.2, 0.25) is 5.91 Å². The monoisotopic (exact) mass is 277 g/mol. The minimum absolute atomic E-state index is 0.0891. The average molecular weight is 277 g/mol. The fourth-order valence-electron chi connectivity index (χ4n) is 2.26. The molecule has 0 aromatic heterocycles. The first-order chi connectivity index (χ1) is 9.56. The van der Waals surface area contributed by atoms with Gasteiger partial charge in [-0.3, -0.25) is 4.79 Å². The molecule has 0 saturated carbocycles. The van der Waals surface area contributed by atoms with Gasteiger partial charge in [0.1, 0.15) is 5.82 Å². The standard InChI is InChI=1S/C16H20FNO2/c1-11(9-13-3-5-15(17)6-4-13)16(19)18-12(2)14-7-8-20-10-14/h3-6,9,12,14H,7-8,10H2,1-2H3,(H,18,19)/b11-9+/t12-,14-/m1/s1. The van der Waals surface area contributed by atoms with Crippen LogP contribution in [0, 0.1) is 11.7 Å². The summed E-state index contributed by atoms with van der Waals surface area (Å²) in [5.41, 5.74) is 1.43. The third-order valence-corrected chi connectivity index (χ3v) is 3.64. The van der Waals surface area contributed by atoms with Gasteiger partial charge in [0.25, 0.3) is 0 Å². The van der Waals surface area contributed by atoms with Crippen molar-refractivity contribution in [1.29, 1.82) is 0 Å². The number of benzene rings is 1. The molecule has 20 heavy (non-hydrogen) atoms. The van der Waals surface area contributed by atoms with Crippen LogP contribution in [0.2, 0.25) is 0 Å². The van der Waals surface area contributed by atoms with Gasteiger partial charge >= 0.3 is 0 Å². The van der Waals surface area contributed by atoms with E-state index in [0.29, 0.717) is 18.1 Å². The third kappa shape index (κ3) is 3.90. The highest BCUT2D eigenvalue weighted by molar-refractivity contribution is 5.97. The topological polar surface area (TPSA) is 38.3 Å². The quantitative estimate of drug-likeness (QED) is 0.859. The number of nitrogens with one attached hydrogen (secondary N) is 1. The second-order valence-corrected chi connectivity index (χ2v) is 5.26. The van der Waals surface area contributed by atoms with Gasteiger partial charge in [-0.15, -0.1) is 0 Å². The summed E-state index contributed by atoms with van der Waals surface area (Å²) in [6.45, 7) is 5.25. The van der Waals surface area contributed by atoms with E-state index in [1.165, 1.54) is 12.1 Å². The van der Waals surface area contributed by atoms with Crippen LogP contribution in [-0.4, -0.2) is 25.2 Å². The lowest BCUT2D eigenvalue weighted by Gasteiger charge is -2.19. The van der Waals surface area contributed by atoms with Crippen LogP contribution in [0.1, 0.15) is 25.8 Å². The van der Waals surface area contributed by atoms with E-state index < -0.39 is 0 Å². The van der Waals surface area contributed by atoms with Crippen LogP contribution < -0.4 is 5.32 Å². The van der Waals surface area contributed by atoms with E-state index in [-0.39, 0.29) is 17.8 Å². The number of amides is 1. The maximum absolute atomic E-state index is 12.8. The van der Waals surface area contributed by atoms with E-state index in [0.717, 1.165) is 18.6 Å². The summed E-state index contributed by atoms with van der Waals surface area (Å²) in [6.07, 6.45) is 2.74. The molecule has 1 saturated heterocycles. The second kappa shape index (κ2) is 6.66. The summed E-state index contributed by atoms with van der Waals surface area (Å²) in [4.78, 5) is 12.1. The molecule has 1 aromatic rings. The van der Waals surface area contributed by atoms with Gasteiger partial charge in [0.15, 0.2) is 0 Å². The first kappa shape index (κ1) is 14.7. The number of halogens is 1. The highest BCUT2D eigenvalue weighted by Crippen LogP contribution is 2.17. The lowest BCUT2D eigenvalue weighted by atomic mass is 10.0. The Morgan fingerprint density at radius 3 is 2.75 bits per heavy atom. The first-order valence-electron chi connectivity index (χ1n) is 6.89. The molecule has 1 heterocycles. The van der Waals surface area contributed by atoms with Crippen LogP contribution in [0.25, 0.3) is 6.08 Å². The van der Waals surface area contributed by atoms with Crippen molar-refractivity contribution < 1.29 is 13.9 Å². The zero-order chi connectivity index (χ0) is 14.5. The smallest absolute Gasteiger partial charge is 0.247 e. The normalized spacial score (nSPS) is 20.8. The molecule has 1 amide bonds. The van der Waals surface area contributed by atoms with Gasteiger partial charge in [-0.2, -0.15) is 0 Å². The van der Waals surface area contributed by atoms with E-state index in [1.54, 1.807) is 25.1 Å². The number of hydrogen-bond donors (Lipinski definition) is 1. The van der Waals surface area contributed by atoms with Gasteiger partial charge in [0.05, 0.1) is 6.61 Å². The predicted molar refractivity (Wildman–Crippen MR) is 76.6 cm³/mol. The lowest BCUT2D eigenvalue weighted by Crippen LogP contribution is -2.38. The molecule has 3 nitrogen and oxygen atoms in total. The highest BCUT2D eigenvalue weighted by Gasteiger charge is 2.23. The highest BCUT2D eigenvalue weighted by atomic mass is 19.1. The fraction of sp³-hybridized carbons (Fsp3) is 0.438. The van der Waals surface area contributed by atoms with E-state index in [2.05, 4.69) is 5.32 Å². The van der Waals surface area contributed by atoms with Crippen molar-refractivity contribution in [3.05, 3.63) is 41.2 Å². The van der Waals surface area contributed by atoms with E-state index >= 15 is 0 Å².